The van der Waals surface area contributed by atoms with Gasteiger partial charge in [-0.3, -0.25) is 0 Å². The standard InChI is InChI=1S/C9H7O2.3CH3.Sn/c1-10-8-2-3-9-7(6-8)4-5-11-9;;;;/h2-3,5-6H,1H3;3*1H3;. The number of hydrogen-bond donors (Lipinski definition) is 0. The van der Waals surface area contributed by atoms with Gasteiger partial charge in [0.1, 0.15) is 0 Å². The molecule has 0 spiro atoms. The molecule has 0 unspecified atom stereocenters. The van der Waals surface area contributed by atoms with Crippen LogP contribution in [0.1, 0.15) is 0 Å². The van der Waals surface area contributed by atoms with Crippen molar-refractivity contribution < 1.29 is 9.15 Å². The van der Waals surface area contributed by atoms with Crippen molar-refractivity contribution in [3.63, 3.8) is 0 Å². The third kappa shape index (κ3) is 2.00. The van der Waals surface area contributed by atoms with Gasteiger partial charge in [-0.25, -0.2) is 0 Å². The molecule has 0 N–H and O–H groups in total. The predicted molar refractivity (Wildman–Crippen MR) is 65.7 cm³/mol. The molecule has 1 aromatic carbocycles. The van der Waals surface area contributed by atoms with Crippen LogP contribution in [0.2, 0.25) is 14.8 Å². The first kappa shape index (κ1) is 10.9. The number of furan rings is 1. The van der Waals surface area contributed by atoms with Crippen LogP contribution in [-0.2, 0) is 0 Å². The Morgan fingerprint density at radius 2 is 1.93 bits per heavy atom. The van der Waals surface area contributed by atoms with Gasteiger partial charge in [-0.05, 0) is 0 Å². The van der Waals surface area contributed by atoms with E-state index in [-0.39, 0.29) is 0 Å². The molecular formula is C12H16O2Sn. The zero-order chi connectivity index (χ0) is 11.1. The quantitative estimate of drug-likeness (QED) is 0.796. The predicted octanol–water partition coefficient (Wildman–Crippen LogP) is 2.99. The maximum atomic E-state index is 5.57. The number of benzene rings is 1. The number of ether oxygens (including phenoxy) is 1. The number of hydrogen-bond acceptors (Lipinski definition) is 2. The molecule has 1 aromatic heterocycles. The molecule has 0 radical (unpaired) electrons. The van der Waals surface area contributed by atoms with Crippen LogP contribution in [0.25, 0.3) is 11.0 Å². The summed E-state index contributed by atoms with van der Waals surface area (Å²) in [5.41, 5.74) is 0.970. The summed E-state index contributed by atoms with van der Waals surface area (Å²) in [6, 6.07) is 6.00. The van der Waals surface area contributed by atoms with Crippen LogP contribution in [0.3, 0.4) is 0 Å². The van der Waals surface area contributed by atoms with Crippen molar-refractivity contribution in [2.75, 3.05) is 7.11 Å². The van der Waals surface area contributed by atoms with Crippen LogP contribution in [0.15, 0.2) is 28.9 Å². The molecule has 2 nitrogen and oxygen atoms in total. The van der Waals surface area contributed by atoms with E-state index in [1.807, 2.05) is 18.4 Å². The Kier molecular flexibility index (Phi) is 2.71. The topological polar surface area (TPSA) is 22.4 Å². The van der Waals surface area contributed by atoms with Crippen molar-refractivity contribution in [1.29, 1.82) is 0 Å². The van der Waals surface area contributed by atoms with Gasteiger partial charge < -0.3 is 0 Å². The van der Waals surface area contributed by atoms with E-state index < -0.39 is 18.4 Å². The molecule has 0 aliphatic rings. The molecule has 0 fully saturated rings. The first-order valence-electron chi connectivity index (χ1n) is 5.08. The van der Waals surface area contributed by atoms with Gasteiger partial charge in [0.05, 0.1) is 0 Å². The van der Waals surface area contributed by atoms with Crippen molar-refractivity contribution in [1.82, 2.24) is 0 Å². The minimum atomic E-state index is -2.06. The van der Waals surface area contributed by atoms with E-state index in [0.29, 0.717) is 0 Å². The SMILES string of the molecule is COc1ccc2oc[c]([Sn]([CH3])([CH3])[CH3])c2c1. The first-order valence-corrected chi connectivity index (χ1v) is 15.1. The molecule has 2 rings (SSSR count). The fourth-order valence-corrected chi connectivity index (χ4v) is 5.76. The zero-order valence-electron chi connectivity index (χ0n) is 9.63. The van der Waals surface area contributed by atoms with Gasteiger partial charge in [-0.15, -0.1) is 0 Å². The monoisotopic (exact) mass is 312 g/mol. The minimum absolute atomic E-state index is 0.903. The fourth-order valence-electron chi connectivity index (χ4n) is 1.72. The van der Waals surface area contributed by atoms with Crippen molar-refractivity contribution in [3.05, 3.63) is 24.5 Å². The summed E-state index contributed by atoms with van der Waals surface area (Å²) in [5, 5.41) is 1.23. The van der Waals surface area contributed by atoms with Gasteiger partial charge >= 0.3 is 94.2 Å². The van der Waals surface area contributed by atoms with E-state index in [1.165, 1.54) is 8.97 Å². The van der Waals surface area contributed by atoms with E-state index in [2.05, 4.69) is 20.9 Å². The van der Waals surface area contributed by atoms with Crippen LogP contribution in [0, 0.1) is 0 Å². The summed E-state index contributed by atoms with van der Waals surface area (Å²) >= 11 is -2.06. The van der Waals surface area contributed by atoms with Gasteiger partial charge in [0.25, 0.3) is 0 Å². The van der Waals surface area contributed by atoms with Crippen LogP contribution in [0.4, 0.5) is 0 Å². The van der Waals surface area contributed by atoms with Crippen LogP contribution >= 0.6 is 0 Å². The van der Waals surface area contributed by atoms with Crippen molar-refractivity contribution >= 4 is 32.9 Å². The molecule has 2 aromatic rings. The third-order valence-corrected chi connectivity index (χ3v) is 8.31. The molecule has 0 atom stereocenters. The summed E-state index contributed by atoms with van der Waals surface area (Å²) in [7, 11) is 1.70. The second kappa shape index (κ2) is 3.74. The van der Waals surface area contributed by atoms with E-state index >= 15 is 0 Å². The Morgan fingerprint density at radius 3 is 2.53 bits per heavy atom. The molecule has 0 bridgehead atoms. The van der Waals surface area contributed by atoms with Gasteiger partial charge in [0.15, 0.2) is 0 Å². The van der Waals surface area contributed by atoms with Gasteiger partial charge in [-0.1, -0.05) is 0 Å². The second-order valence-electron chi connectivity index (χ2n) is 4.76. The maximum absolute atomic E-state index is 5.57. The fraction of sp³-hybridized carbons (Fsp3) is 0.333. The van der Waals surface area contributed by atoms with E-state index in [9.17, 15) is 0 Å². The van der Waals surface area contributed by atoms with Crippen molar-refractivity contribution in [2.24, 2.45) is 0 Å². The Hall–Kier alpha value is -0.641. The Bertz CT molecular complexity index is 480. The second-order valence-corrected chi connectivity index (χ2v) is 19.1. The molecule has 0 aliphatic heterocycles. The Balaban J connectivity index is 2.67. The van der Waals surface area contributed by atoms with E-state index in [0.717, 1.165) is 11.3 Å². The van der Waals surface area contributed by atoms with Crippen LogP contribution < -0.4 is 8.32 Å². The molecule has 0 amide bonds. The summed E-state index contributed by atoms with van der Waals surface area (Å²) in [5.74, 6) is 0.903. The average molecular weight is 311 g/mol. The normalized spacial score (nSPS) is 12.0. The first-order chi connectivity index (χ1) is 7.02. The molecular weight excluding hydrogens is 295 g/mol. The third-order valence-electron chi connectivity index (χ3n) is 2.59. The number of methoxy groups -OCH3 is 1. The van der Waals surface area contributed by atoms with E-state index in [1.54, 1.807) is 7.11 Å². The van der Waals surface area contributed by atoms with Crippen molar-refractivity contribution in [2.45, 2.75) is 14.8 Å². The van der Waals surface area contributed by atoms with Gasteiger partial charge in [0, 0.05) is 0 Å². The van der Waals surface area contributed by atoms with Crippen LogP contribution in [0.5, 0.6) is 5.75 Å². The summed E-state index contributed by atoms with van der Waals surface area (Å²) in [4.78, 5) is 7.16. The molecule has 1 heterocycles. The molecule has 0 aliphatic carbocycles. The Labute approximate surface area is 94.1 Å². The molecule has 3 heteroatoms. The summed E-state index contributed by atoms with van der Waals surface area (Å²) < 4.78 is 12.2. The summed E-state index contributed by atoms with van der Waals surface area (Å²) in [6.07, 6.45) is 1.93. The molecule has 15 heavy (non-hydrogen) atoms. The van der Waals surface area contributed by atoms with Gasteiger partial charge in [-0.2, -0.15) is 0 Å². The molecule has 0 saturated heterocycles. The zero-order valence-corrected chi connectivity index (χ0v) is 12.5. The average Bonchev–Trinajstić information content (AvgIpc) is 2.59. The van der Waals surface area contributed by atoms with E-state index in [4.69, 9.17) is 9.15 Å². The van der Waals surface area contributed by atoms with Crippen LogP contribution in [-0.4, -0.2) is 25.5 Å². The van der Waals surface area contributed by atoms with Crippen molar-refractivity contribution in [3.8, 4) is 5.75 Å². The number of fused-ring (bicyclic) bond motifs is 1. The number of rotatable bonds is 2. The summed E-state index contributed by atoms with van der Waals surface area (Å²) in [6.45, 7) is 0. The molecule has 80 valence electrons. The Morgan fingerprint density at radius 1 is 1.20 bits per heavy atom. The molecule has 0 saturated carbocycles. The van der Waals surface area contributed by atoms with Gasteiger partial charge in [0.2, 0.25) is 0 Å².